The van der Waals surface area contributed by atoms with Crippen molar-refractivity contribution in [1.29, 1.82) is 0 Å². The van der Waals surface area contributed by atoms with Crippen LogP contribution in [0, 0.1) is 13.8 Å². The Balaban J connectivity index is 2.46. The van der Waals surface area contributed by atoms with Gasteiger partial charge in [0.1, 0.15) is 0 Å². The summed E-state index contributed by atoms with van der Waals surface area (Å²) in [5.41, 5.74) is 2.41. The second-order valence-electron chi connectivity index (χ2n) is 5.47. The molecule has 2 aromatic carbocycles. The highest BCUT2D eigenvalue weighted by atomic mass is 32.2. The number of sulfonamides is 1. The number of aryl methyl sites for hydroxylation is 2. The van der Waals surface area contributed by atoms with E-state index in [4.69, 9.17) is 0 Å². The summed E-state index contributed by atoms with van der Waals surface area (Å²) in [4.78, 5) is 13.2. The van der Waals surface area contributed by atoms with Gasteiger partial charge in [0.05, 0.1) is 16.3 Å². The van der Waals surface area contributed by atoms with E-state index < -0.39 is 10.0 Å². The average molecular weight is 332 g/mol. The monoisotopic (exact) mass is 332 g/mol. The first kappa shape index (κ1) is 17.0. The van der Waals surface area contributed by atoms with E-state index in [1.54, 1.807) is 50.4 Å². The van der Waals surface area contributed by atoms with E-state index in [1.807, 2.05) is 13.0 Å². The number of hydrogen-bond donors (Lipinski definition) is 1. The zero-order valence-corrected chi connectivity index (χ0v) is 14.4. The fourth-order valence-electron chi connectivity index (χ4n) is 2.22. The molecule has 0 radical (unpaired) electrons. The minimum absolute atomic E-state index is 0.177. The highest BCUT2D eigenvalue weighted by Gasteiger charge is 2.20. The molecule has 2 aromatic rings. The van der Waals surface area contributed by atoms with Crippen molar-refractivity contribution in [3.8, 4) is 0 Å². The third-order valence-electron chi connectivity index (χ3n) is 3.62. The van der Waals surface area contributed by atoms with Gasteiger partial charge in [-0.2, -0.15) is 0 Å². The number of nitrogens with one attached hydrogen (secondary N) is 1. The minimum Gasteiger partial charge on any atom is -0.314 e. The number of nitrogens with zero attached hydrogens (tertiary/aromatic N) is 1. The van der Waals surface area contributed by atoms with Crippen LogP contribution >= 0.6 is 0 Å². The fourth-order valence-corrected chi connectivity index (χ4v) is 3.62. The van der Waals surface area contributed by atoms with Crippen molar-refractivity contribution in [3.05, 3.63) is 53.6 Å². The summed E-state index contributed by atoms with van der Waals surface area (Å²) in [6.07, 6.45) is 0. The smallest absolute Gasteiger partial charge is 0.262 e. The number of benzene rings is 2. The summed E-state index contributed by atoms with van der Waals surface area (Å²) in [7, 11) is -2.13. The molecule has 0 atom stereocenters. The fraction of sp³-hybridized carbons (Fsp3) is 0.235. The Morgan fingerprint density at radius 2 is 1.74 bits per heavy atom. The van der Waals surface area contributed by atoms with E-state index in [9.17, 15) is 13.2 Å². The largest absolute Gasteiger partial charge is 0.314 e. The number of hydrogen-bond acceptors (Lipinski definition) is 3. The third kappa shape index (κ3) is 3.71. The number of rotatable bonds is 4. The summed E-state index contributed by atoms with van der Waals surface area (Å²) >= 11 is 0. The van der Waals surface area contributed by atoms with E-state index in [1.165, 1.54) is 11.8 Å². The summed E-state index contributed by atoms with van der Waals surface area (Å²) in [5.74, 6) is -0.177. The number of carbonyl (C=O) groups excluding carboxylic acids is 1. The van der Waals surface area contributed by atoms with E-state index in [0.29, 0.717) is 16.9 Å². The Morgan fingerprint density at radius 1 is 1.09 bits per heavy atom. The van der Waals surface area contributed by atoms with Gasteiger partial charge in [-0.05, 0) is 43.2 Å². The highest BCUT2D eigenvalue weighted by Crippen LogP contribution is 2.28. The Kier molecular flexibility index (Phi) is 4.75. The van der Waals surface area contributed by atoms with Crippen LogP contribution in [0.25, 0.3) is 0 Å². The van der Waals surface area contributed by atoms with Crippen molar-refractivity contribution in [2.24, 2.45) is 0 Å². The van der Waals surface area contributed by atoms with E-state index >= 15 is 0 Å². The van der Waals surface area contributed by atoms with Gasteiger partial charge in [0.25, 0.3) is 10.0 Å². The molecule has 122 valence electrons. The van der Waals surface area contributed by atoms with Crippen LogP contribution in [0.2, 0.25) is 0 Å². The first-order valence-corrected chi connectivity index (χ1v) is 8.64. The molecule has 0 bridgehead atoms. The predicted octanol–water partition coefficient (Wildman–Crippen LogP) is 3.09. The molecule has 0 saturated heterocycles. The van der Waals surface area contributed by atoms with Crippen LogP contribution in [0.3, 0.4) is 0 Å². The molecule has 0 spiro atoms. The van der Waals surface area contributed by atoms with Gasteiger partial charge in [0.2, 0.25) is 5.91 Å². The first-order chi connectivity index (χ1) is 10.7. The molecular weight excluding hydrogens is 312 g/mol. The van der Waals surface area contributed by atoms with Gasteiger partial charge in [-0.1, -0.05) is 24.3 Å². The minimum atomic E-state index is -3.74. The Bertz CT molecular complexity index is 845. The Labute approximate surface area is 137 Å². The maximum absolute atomic E-state index is 12.7. The molecule has 0 heterocycles. The lowest BCUT2D eigenvalue weighted by atomic mass is 10.2. The van der Waals surface area contributed by atoms with Crippen molar-refractivity contribution in [3.63, 3.8) is 0 Å². The number of anilines is 2. The van der Waals surface area contributed by atoms with Crippen LogP contribution in [0.1, 0.15) is 18.1 Å². The second kappa shape index (κ2) is 6.42. The van der Waals surface area contributed by atoms with Crippen molar-refractivity contribution < 1.29 is 13.2 Å². The van der Waals surface area contributed by atoms with Crippen LogP contribution in [-0.2, 0) is 14.8 Å². The lowest BCUT2D eigenvalue weighted by Crippen LogP contribution is -2.25. The summed E-state index contributed by atoms with van der Waals surface area (Å²) in [6.45, 7) is 5.02. The number of amides is 1. The SMILES string of the molecule is CC(=O)N(C)c1ccccc1NS(=O)(=O)c1cc(C)ccc1C. The maximum Gasteiger partial charge on any atom is 0.262 e. The topological polar surface area (TPSA) is 66.5 Å². The highest BCUT2D eigenvalue weighted by molar-refractivity contribution is 7.92. The third-order valence-corrected chi connectivity index (χ3v) is 5.12. The molecule has 0 fully saturated rings. The molecule has 0 unspecified atom stereocenters. The summed E-state index contributed by atoms with van der Waals surface area (Å²) < 4.78 is 28.0. The normalized spacial score (nSPS) is 11.1. The molecule has 1 amide bonds. The van der Waals surface area contributed by atoms with Gasteiger partial charge in [-0.15, -0.1) is 0 Å². The Morgan fingerprint density at radius 3 is 2.39 bits per heavy atom. The van der Waals surface area contributed by atoms with Gasteiger partial charge in [0, 0.05) is 14.0 Å². The first-order valence-electron chi connectivity index (χ1n) is 7.16. The molecular formula is C17H20N2O3S. The molecule has 0 aliphatic rings. The molecule has 5 nitrogen and oxygen atoms in total. The van der Waals surface area contributed by atoms with E-state index in [0.717, 1.165) is 5.56 Å². The molecule has 2 rings (SSSR count). The van der Waals surface area contributed by atoms with E-state index in [-0.39, 0.29) is 10.8 Å². The van der Waals surface area contributed by atoms with Gasteiger partial charge >= 0.3 is 0 Å². The van der Waals surface area contributed by atoms with Crippen molar-refractivity contribution in [2.75, 3.05) is 16.7 Å². The predicted molar refractivity (Wildman–Crippen MR) is 92.3 cm³/mol. The summed E-state index contributed by atoms with van der Waals surface area (Å²) in [6, 6.07) is 12.1. The molecule has 6 heteroatoms. The van der Waals surface area contributed by atoms with E-state index in [2.05, 4.69) is 4.72 Å². The molecule has 0 aliphatic heterocycles. The van der Waals surface area contributed by atoms with Crippen molar-refractivity contribution >= 4 is 27.3 Å². The zero-order valence-electron chi connectivity index (χ0n) is 13.6. The second-order valence-corrected chi connectivity index (χ2v) is 7.12. The number of para-hydroxylation sites is 2. The van der Waals surface area contributed by atoms with Crippen LogP contribution in [0.15, 0.2) is 47.4 Å². The van der Waals surface area contributed by atoms with Gasteiger partial charge < -0.3 is 4.90 Å². The van der Waals surface area contributed by atoms with Crippen molar-refractivity contribution in [1.82, 2.24) is 0 Å². The van der Waals surface area contributed by atoms with Gasteiger partial charge in [0.15, 0.2) is 0 Å². The Hall–Kier alpha value is -2.34. The van der Waals surface area contributed by atoms with Gasteiger partial charge in [-0.25, -0.2) is 8.42 Å². The average Bonchev–Trinajstić information content (AvgIpc) is 2.49. The quantitative estimate of drug-likeness (QED) is 0.935. The van der Waals surface area contributed by atoms with Crippen LogP contribution in [-0.4, -0.2) is 21.4 Å². The van der Waals surface area contributed by atoms with Crippen molar-refractivity contribution in [2.45, 2.75) is 25.7 Å². The molecule has 0 aromatic heterocycles. The molecule has 1 N–H and O–H groups in total. The van der Waals surface area contributed by atoms with Crippen LogP contribution < -0.4 is 9.62 Å². The van der Waals surface area contributed by atoms with Crippen LogP contribution in [0.4, 0.5) is 11.4 Å². The maximum atomic E-state index is 12.7. The molecule has 23 heavy (non-hydrogen) atoms. The standard InChI is InChI=1S/C17H20N2O3S/c1-12-9-10-13(2)17(11-12)23(21,22)18-15-7-5-6-8-16(15)19(4)14(3)20/h5-11,18H,1-4H3. The number of carbonyl (C=O) groups is 1. The van der Waals surface area contributed by atoms with Gasteiger partial charge in [-0.3, -0.25) is 9.52 Å². The molecule has 0 saturated carbocycles. The molecule has 0 aliphatic carbocycles. The lowest BCUT2D eigenvalue weighted by Gasteiger charge is -2.20. The summed E-state index contributed by atoms with van der Waals surface area (Å²) in [5, 5.41) is 0. The van der Waals surface area contributed by atoms with Crippen LogP contribution in [0.5, 0.6) is 0 Å². The lowest BCUT2D eigenvalue weighted by molar-refractivity contribution is -0.116. The zero-order chi connectivity index (χ0) is 17.2.